The van der Waals surface area contributed by atoms with Crippen LogP contribution < -0.4 is 4.90 Å². The molecule has 2 aromatic heterocycles. The summed E-state index contributed by atoms with van der Waals surface area (Å²) >= 11 is 0. The molecule has 0 amide bonds. The molecule has 0 atom stereocenters. The maximum Gasteiger partial charge on any atom is 0.152 e. The fourth-order valence-electron chi connectivity index (χ4n) is 2.36. The minimum atomic E-state index is -0.0826. The zero-order valence-corrected chi connectivity index (χ0v) is 11.7. The van der Waals surface area contributed by atoms with Gasteiger partial charge in [-0.2, -0.15) is 0 Å². The Morgan fingerprint density at radius 2 is 2.20 bits per heavy atom. The first-order valence-corrected chi connectivity index (χ1v) is 6.77. The molecule has 1 aliphatic rings. The maximum absolute atomic E-state index is 9.56. The highest BCUT2D eigenvalue weighted by atomic mass is 16.3. The van der Waals surface area contributed by atoms with Crippen LogP contribution in [0.15, 0.2) is 12.5 Å². The summed E-state index contributed by atoms with van der Waals surface area (Å²) in [7, 11) is 0. The van der Waals surface area contributed by atoms with Crippen molar-refractivity contribution in [2.45, 2.75) is 39.5 Å². The van der Waals surface area contributed by atoms with E-state index >= 15 is 0 Å². The molecule has 0 aliphatic carbocycles. The van der Waals surface area contributed by atoms with Crippen LogP contribution in [0, 0.1) is 0 Å². The summed E-state index contributed by atoms with van der Waals surface area (Å²) in [6.07, 6.45) is 3.55. The Labute approximate surface area is 117 Å². The second-order valence-electron chi connectivity index (χ2n) is 5.24. The van der Waals surface area contributed by atoms with Gasteiger partial charge in [-0.25, -0.2) is 9.97 Å². The van der Waals surface area contributed by atoms with Gasteiger partial charge in [-0.3, -0.25) is 0 Å². The monoisotopic (exact) mass is 274 g/mol. The molecule has 106 valence electrons. The fourth-order valence-corrected chi connectivity index (χ4v) is 2.36. The van der Waals surface area contributed by atoms with Crippen LogP contribution in [0.2, 0.25) is 0 Å². The standard InChI is InChI=1S/C13H18N6O/c1-9(2)13-14-5-11(10(7-20)16-13)18-3-4-19-8-15-17-12(19)6-18/h5,8-9,20H,3-4,6-7H2,1-2H3. The lowest BCUT2D eigenvalue weighted by atomic mass is 10.2. The molecule has 2 aromatic rings. The van der Waals surface area contributed by atoms with Gasteiger partial charge in [0.2, 0.25) is 0 Å². The quantitative estimate of drug-likeness (QED) is 0.887. The van der Waals surface area contributed by atoms with Gasteiger partial charge < -0.3 is 14.6 Å². The van der Waals surface area contributed by atoms with Crippen LogP contribution in [0.5, 0.6) is 0 Å². The van der Waals surface area contributed by atoms with Crippen LogP contribution in [0.4, 0.5) is 5.69 Å². The van der Waals surface area contributed by atoms with Crippen molar-refractivity contribution in [3.8, 4) is 0 Å². The van der Waals surface area contributed by atoms with Crippen molar-refractivity contribution in [3.05, 3.63) is 29.9 Å². The number of aromatic nitrogens is 5. The van der Waals surface area contributed by atoms with E-state index in [9.17, 15) is 5.11 Å². The van der Waals surface area contributed by atoms with Crippen molar-refractivity contribution in [3.63, 3.8) is 0 Å². The summed E-state index contributed by atoms with van der Waals surface area (Å²) in [6, 6.07) is 0. The molecule has 3 heterocycles. The van der Waals surface area contributed by atoms with Crippen LogP contribution in [0.25, 0.3) is 0 Å². The molecule has 3 rings (SSSR count). The van der Waals surface area contributed by atoms with Crippen molar-refractivity contribution >= 4 is 5.69 Å². The molecule has 0 bridgehead atoms. The highest BCUT2D eigenvalue weighted by molar-refractivity contribution is 5.49. The largest absolute Gasteiger partial charge is 0.390 e. The Bertz CT molecular complexity index is 609. The second-order valence-corrected chi connectivity index (χ2v) is 5.24. The summed E-state index contributed by atoms with van der Waals surface area (Å²) in [5, 5.41) is 17.6. The SMILES string of the molecule is CC(C)c1ncc(N2CCn3cnnc3C2)c(CO)n1. The first-order chi connectivity index (χ1) is 9.69. The number of hydrogen-bond acceptors (Lipinski definition) is 6. The molecule has 0 fully saturated rings. The highest BCUT2D eigenvalue weighted by Gasteiger charge is 2.21. The predicted molar refractivity (Wildman–Crippen MR) is 73.1 cm³/mol. The molecular weight excluding hydrogens is 256 g/mol. The van der Waals surface area contributed by atoms with E-state index in [1.807, 2.05) is 18.4 Å². The molecule has 20 heavy (non-hydrogen) atoms. The number of nitrogens with zero attached hydrogens (tertiary/aromatic N) is 6. The van der Waals surface area contributed by atoms with E-state index in [0.29, 0.717) is 12.2 Å². The number of aliphatic hydroxyl groups is 1. The lowest BCUT2D eigenvalue weighted by Gasteiger charge is -2.29. The third-order valence-electron chi connectivity index (χ3n) is 3.51. The van der Waals surface area contributed by atoms with Crippen LogP contribution in [0.3, 0.4) is 0 Å². The minimum Gasteiger partial charge on any atom is -0.390 e. The topological polar surface area (TPSA) is 80.0 Å². The average Bonchev–Trinajstić information content (AvgIpc) is 2.93. The van der Waals surface area contributed by atoms with E-state index in [0.717, 1.165) is 30.4 Å². The molecule has 0 aromatic carbocycles. The predicted octanol–water partition coefficient (Wildman–Crippen LogP) is 0.704. The molecule has 1 aliphatic heterocycles. The summed E-state index contributed by atoms with van der Waals surface area (Å²) in [4.78, 5) is 11.0. The summed E-state index contributed by atoms with van der Waals surface area (Å²) < 4.78 is 2.04. The van der Waals surface area contributed by atoms with Crippen molar-refractivity contribution in [2.24, 2.45) is 0 Å². The summed E-state index contributed by atoms with van der Waals surface area (Å²) in [6.45, 7) is 6.33. The van der Waals surface area contributed by atoms with Gasteiger partial charge in [0.05, 0.1) is 30.7 Å². The Morgan fingerprint density at radius 3 is 2.95 bits per heavy atom. The van der Waals surface area contributed by atoms with E-state index < -0.39 is 0 Å². The molecule has 0 saturated carbocycles. The van der Waals surface area contributed by atoms with Crippen molar-refractivity contribution < 1.29 is 5.11 Å². The van der Waals surface area contributed by atoms with Gasteiger partial charge in [-0.05, 0) is 0 Å². The van der Waals surface area contributed by atoms with Gasteiger partial charge in [0.25, 0.3) is 0 Å². The Balaban J connectivity index is 1.91. The van der Waals surface area contributed by atoms with Crippen molar-refractivity contribution in [1.82, 2.24) is 24.7 Å². The smallest absolute Gasteiger partial charge is 0.152 e. The van der Waals surface area contributed by atoms with Gasteiger partial charge in [-0.15, -0.1) is 10.2 Å². The van der Waals surface area contributed by atoms with Gasteiger partial charge in [-0.1, -0.05) is 13.8 Å². The van der Waals surface area contributed by atoms with Crippen molar-refractivity contribution in [2.75, 3.05) is 11.4 Å². The van der Waals surface area contributed by atoms with E-state index in [-0.39, 0.29) is 12.5 Å². The van der Waals surface area contributed by atoms with E-state index in [2.05, 4.69) is 25.1 Å². The molecule has 0 radical (unpaired) electrons. The number of anilines is 1. The van der Waals surface area contributed by atoms with Crippen LogP contribution in [-0.4, -0.2) is 36.4 Å². The first kappa shape index (κ1) is 13.0. The number of hydrogen-bond donors (Lipinski definition) is 1. The van der Waals surface area contributed by atoms with Crippen LogP contribution in [-0.2, 0) is 19.7 Å². The third-order valence-corrected chi connectivity index (χ3v) is 3.51. The zero-order chi connectivity index (χ0) is 14.1. The van der Waals surface area contributed by atoms with Crippen LogP contribution >= 0.6 is 0 Å². The molecule has 0 spiro atoms. The summed E-state index contributed by atoms with van der Waals surface area (Å²) in [5.41, 5.74) is 1.56. The van der Waals surface area contributed by atoms with E-state index in [4.69, 9.17) is 0 Å². The molecule has 0 unspecified atom stereocenters. The van der Waals surface area contributed by atoms with Gasteiger partial charge in [0.1, 0.15) is 12.2 Å². The Morgan fingerprint density at radius 1 is 1.35 bits per heavy atom. The van der Waals surface area contributed by atoms with Gasteiger partial charge in [0, 0.05) is 19.0 Å². The summed E-state index contributed by atoms with van der Waals surface area (Å²) in [5.74, 6) is 1.94. The zero-order valence-electron chi connectivity index (χ0n) is 11.7. The van der Waals surface area contributed by atoms with Crippen LogP contribution in [0.1, 0.15) is 37.1 Å². The molecular formula is C13H18N6O. The molecule has 7 nitrogen and oxygen atoms in total. The lowest BCUT2D eigenvalue weighted by molar-refractivity contribution is 0.276. The van der Waals surface area contributed by atoms with Gasteiger partial charge in [0.15, 0.2) is 5.82 Å². The number of rotatable bonds is 3. The average molecular weight is 274 g/mol. The normalized spacial score (nSPS) is 14.7. The lowest BCUT2D eigenvalue weighted by Crippen LogP contribution is -2.34. The second kappa shape index (κ2) is 5.16. The van der Waals surface area contributed by atoms with E-state index in [1.165, 1.54) is 0 Å². The van der Waals surface area contributed by atoms with Crippen molar-refractivity contribution in [1.29, 1.82) is 0 Å². The van der Waals surface area contributed by atoms with Gasteiger partial charge >= 0.3 is 0 Å². The Hall–Kier alpha value is -2.02. The first-order valence-electron chi connectivity index (χ1n) is 6.77. The highest BCUT2D eigenvalue weighted by Crippen LogP contribution is 2.24. The molecule has 0 saturated heterocycles. The number of aliphatic hydroxyl groups excluding tert-OH is 1. The third kappa shape index (κ3) is 2.24. The molecule has 7 heteroatoms. The molecule has 1 N–H and O–H groups in total. The van der Waals surface area contributed by atoms with E-state index in [1.54, 1.807) is 12.5 Å². The fraction of sp³-hybridized carbons (Fsp3) is 0.538. The maximum atomic E-state index is 9.56. The minimum absolute atomic E-state index is 0.0826. The Kier molecular flexibility index (Phi) is 3.35. The number of fused-ring (bicyclic) bond motifs is 1.